The molecule has 0 aromatic carbocycles. The van der Waals surface area contributed by atoms with Crippen molar-refractivity contribution >= 4 is 24.4 Å². The van der Waals surface area contributed by atoms with Gasteiger partial charge in [-0.1, -0.05) is 171 Å². The third-order valence-electron chi connectivity index (χ3n) is 28.9. The summed E-state index contributed by atoms with van der Waals surface area (Å²) in [5, 5.41) is 35.9. The second-order valence-corrected chi connectivity index (χ2v) is 33.6. The molecule has 0 bridgehead atoms. The molecular formula is C72H117NO7. The molecule has 10 aliphatic rings. The maximum atomic E-state index is 14.3. The minimum absolute atomic E-state index is 0.00538. The van der Waals surface area contributed by atoms with Gasteiger partial charge in [0.25, 0.3) is 0 Å². The number of allylic oxidation sites excluding steroid dienone is 4. The molecule has 452 valence electrons. The molecule has 4 N–H and O–H groups in total. The zero-order valence-corrected chi connectivity index (χ0v) is 53.3. The number of hydrogen-bond acceptors (Lipinski definition) is 6. The number of fused-ring (bicyclic) bond motifs is 14. The number of hydrogen-bond donors (Lipinski definition) is 4. The van der Waals surface area contributed by atoms with E-state index >= 15 is 0 Å². The van der Waals surface area contributed by atoms with Gasteiger partial charge in [0.15, 0.2) is 0 Å². The Kier molecular flexibility index (Phi) is 17.0. The van der Waals surface area contributed by atoms with Crippen molar-refractivity contribution in [3.05, 3.63) is 23.3 Å². The highest BCUT2D eigenvalue weighted by atomic mass is 16.4. The number of carbonyl (C=O) groups excluding carboxylic acids is 3. The van der Waals surface area contributed by atoms with Crippen molar-refractivity contribution in [3.63, 3.8) is 0 Å². The zero-order valence-electron chi connectivity index (χ0n) is 53.3. The molecule has 18 atom stereocenters. The summed E-state index contributed by atoms with van der Waals surface area (Å²) in [7, 11) is 0. The highest BCUT2D eigenvalue weighted by Gasteiger charge is 2.72. The number of rotatable bonds is 15. The van der Waals surface area contributed by atoms with E-state index in [-0.39, 0.29) is 66.5 Å². The fraction of sp³-hybridized carbons (Fsp3) is 0.889. The van der Waals surface area contributed by atoms with Gasteiger partial charge in [0.1, 0.15) is 12.6 Å². The van der Waals surface area contributed by atoms with Crippen LogP contribution in [0.4, 0.5) is 0 Å². The van der Waals surface area contributed by atoms with Gasteiger partial charge in [0.05, 0.1) is 33.9 Å². The van der Waals surface area contributed by atoms with Crippen molar-refractivity contribution in [2.24, 2.45) is 100 Å². The van der Waals surface area contributed by atoms with Crippen LogP contribution >= 0.6 is 0 Å². The van der Waals surface area contributed by atoms with E-state index in [9.17, 15) is 34.5 Å². The van der Waals surface area contributed by atoms with E-state index in [1.54, 1.807) is 5.57 Å². The molecule has 0 aliphatic heterocycles. The number of carboxylic acid groups (broad SMARTS) is 1. The van der Waals surface area contributed by atoms with E-state index < -0.39 is 34.4 Å². The maximum Gasteiger partial charge on any atom is 0.310 e. The Morgan fingerprint density at radius 3 is 1.31 bits per heavy atom. The van der Waals surface area contributed by atoms with E-state index in [1.165, 1.54) is 63.4 Å². The second kappa shape index (κ2) is 21.9. The third-order valence-corrected chi connectivity index (χ3v) is 28.9. The quantitative estimate of drug-likeness (QED) is 0.0727. The fourth-order valence-corrected chi connectivity index (χ4v) is 23.0. The predicted octanol–water partition coefficient (Wildman–Crippen LogP) is 16.8. The van der Waals surface area contributed by atoms with Gasteiger partial charge in [0, 0.05) is 6.54 Å². The molecule has 10 rings (SSSR count). The van der Waals surface area contributed by atoms with Crippen LogP contribution in [-0.4, -0.2) is 58.5 Å². The molecule has 8 saturated carbocycles. The average Bonchev–Trinajstić information content (AvgIpc) is 3.44. The standard InChI is InChI=1S/C42H71NO3.C30H46O4/c1-8-9-10-11-12-13-14-15-16-17-28-43-36(46)42-26-24-37(2,3)29-32(42)31-18-19-34-38(4)22-21-35(45)39(5,30-44)33(38)20-23-41(34,7)40(31,6)25-27-42;1-25(2)13-15-30(24(33)34)16-14-28(5)19(20(30)17-25)7-8-22-26(3)11-10-23(32)27(4,18-31)21(26)9-12-29(22,28)6/h18,30,32-35,45H,8-17,19-29H2,1-7H3,(H,43,46);7,18,20-23,32H,8-17H2,1-6H3,(H,33,34)/t32-,33?,34?,35-,38-,39-,40+,41+,42-;20-,21?,22?,23-,26-,27-,28+,29+,30-/m00/s1. The van der Waals surface area contributed by atoms with E-state index in [0.29, 0.717) is 30.1 Å². The van der Waals surface area contributed by atoms with Crippen LogP contribution in [0.25, 0.3) is 0 Å². The Morgan fingerprint density at radius 2 is 0.887 bits per heavy atom. The van der Waals surface area contributed by atoms with Gasteiger partial charge >= 0.3 is 5.97 Å². The topological polar surface area (TPSA) is 141 Å². The Labute approximate surface area is 487 Å². The van der Waals surface area contributed by atoms with Crippen molar-refractivity contribution < 1.29 is 34.5 Å². The molecule has 8 nitrogen and oxygen atoms in total. The van der Waals surface area contributed by atoms with Crippen LogP contribution in [0.5, 0.6) is 0 Å². The zero-order chi connectivity index (χ0) is 58.4. The van der Waals surface area contributed by atoms with E-state index in [2.05, 4.69) is 93.6 Å². The molecule has 0 heterocycles. The number of aldehydes is 2. The average molecular weight is 1110 g/mol. The second-order valence-electron chi connectivity index (χ2n) is 33.6. The van der Waals surface area contributed by atoms with Gasteiger partial charge in [-0.15, -0.1) is 0 Å². The first-order chi connectivity index (χ1) is 37.4. The van der Waals surface area contributed by atoms with Crippen molar-refractivity contribution in [2.75, 3.05) is 6.54 Å². The Balaban J connectivity index is 0.000000202. The minimum Gasteiger partial charge on any atom is -0.481 e. The first kappa shape index (κ1) is 62.2. The lowest BCUT2D eigenvalue weighted by atomic mass is 9.33. The third kappa shape index (κ3) is 9.51. The maximum absolute atomic E-state index is 14.3. The lowest BCUT2D eigenvalue weighted by Crippen LogP contribution is -2.66. The lowest BCUT2D eigenvalue weighted by molar-refractivity contribution is -0.204. The molecule has 0 aromatic heterocycles. The molecule has 8 heteroatoms. The molecule has 0 saturated heterocycles. The summed E-state index contributed by atoms with van der Waals surface area (Å²) in [5.74, 6) is 1.59. The molecule has 0 radical (unpaired) electrons. The highest BCUT2D eigenvalue weighted by molar-refractivity contribution is 5.84. The molecular weight excluding hydrogens is 991 g/mol. The van der Waals surface area contributed by atoms with Gasteiger partial charge in [-0.3, -0.25) is 9.59 Å². The number of carboxylic acids is 1. The molecule has 10 aliphatic carbocycles. The molecule has 0 aromatic rings. The number of nitrogens with one attached hydrogen (secondary N) is 1. The van der Waals surface area contributed by atoms with Crippen LogP contribution in [0.2, 0.25) is 0 Å². The van der Waals surface area contributed by atoms with Gasteiger partial charge < -0.3 is 30.2 Å². The Bertz CT molecular complexity index is 2390. The van der Waals surface area contributed by atoms with Crippen LogP contribution in [-0.2, 0) is 19.2 Å². The summed E-state index contributed by atoms with van der Waals surface area (Å²) in [5.41, 5.74) is 1.62. The molecule has 8 fully saturated rings. The van der Waals surface area contributed by atoms with E-state index in [4.69, 9.17) is 0 Å². The molecule has 1 amide bonds. The smallest absolute Gasteiger partial charge is 0.310 e. The number of aliphatic hydroxyl groups is 2. The minimum atomic E-state index is -0.669. The molecule has 0 spiro atoms. The van der Waals surface area contributed by atoms with Crippen molar-refractivity contribution in [2.45, 2.75) is 295 Å². The Hall–Kier alpha value is -2.32. The largest absolute Gasteiger partial charge is 0.481 e. The van der Waals surface area contributed by atoms with Crippen LogP contribution < -0.4 is 5.32 Å². The van der Waals surface area contributed by atoms with Crippen molar-refractivity contribution in [1.82, 2.24) is 5.32 Å². The number of unbranched alkanes of at least 4 members (excludes halogenated alkanes) is 9. The highest BCUT2D eigenvalue weighted by Crippen LogP contribution is 2.78. The molecule has 80 heavy (non-hydrogen) atoms. The van der Waals surface area contributed by atoms with E-state index in [0.717, 1.165) is 148 Å². The van der Waals surface area contributed by atoms with Gasteiger partial charge in [-0.2, -0.15) is 0 Å². The first-order valence-electron chi connectivity index (χ1n) is 33.7. The van der Waals surface area contributed by atoms with Crippen molar-refractivity contribution in [1.29, 1.82) is 0 Å². The SMILES string of the molecule is CC1(C)CC[C@]2(C(=O)O)CC[C@]3(C)C(=CCC4[C@@]5(C)CC[C@H](O)[C@@](C)(C=O)C5CC[C@]43C)[C@@H]2C1.CCCCCCCCCCCCNC(=O)[C@]12CCC(C)(C)C[C@H]1C1=CCC3[C@@]4(C)CC[C@H](O)[C@@](C)(C=O)C4CC[C@@]3(C)[C@]1(C)CC2. The number of aliphatic hydroxyl groups excluding tert-OH is 2. The number of aliphatic carboxylic acids is 1. The first-order valence-corrected chi connectivity index (χ1v) is 33.7. The van der Waals surface area contributed by atoms with Gasteiger partial charge in [0.2, 0.25) is 5.91 Å². The predicted molar refractivity (Wildman–Crippen MR) is 323 cm³/mol. The summed E-state index contributed by atoms with van der Waals surface area (Å²) >= 11 is 0. The number of amides is 1. The Morgan fingerprint density at radius 1 is 0.500 bits per heavy atom. The van der Waals surface area contributed by atoms with Crippen LogP contribution in [0.3, 0.4) is 0 Å². The fourth-order valence-electron chi connectivity index (χ4n) is 23.0. The van der Waals surface area contributed by atoms with E-state index in [1.807, 2.05) is 13.8 Å². The summed E-state index contributed by atoms with van der Waals surface area (Å²) in [6.07, 6.45) is 38.7. The summed E-state index contributed by atoms with van der Waals surface area (Å²) < 4.78 is 0. The van der Waals surface area contributed by atoms with Gasteiger partial charge in [-0.25, -0.2) is 0 Å². The molecule has 4 unspecified atom stereocenters. The monoisotopic (exact) mass is 1110 g/mol. The van der Waals surface area contributed by atoms with Gasteiger partial charge in [-0.05, 0) is 214 Å². The number of carbonyl (C=O) groups is 4. The van der Waals surface area contributed by atoms with Crippen LogP contribution in [0.15, 0.2) is 23.3 Å². The van der Waals surface area contributed by atoms with Crippen molar-refractivity contribution in [3.8, 4) is 0 Å². The lowest BCUT2D eigenvalue weighted by Gasteiger charge is -2.71. The normalized spacial score (nSPS) is 47.6. The summed E-state index contributed by atoms with van der Waals surface area (Å²) in [4.78, 5) is 51.9. The summed E-state index contributed by atoms with van der Waals surface area (Å²) in [6, 6.07) is 0. The van der Waals surface area contributed by atoms with Crippen LogP contribution in [0.1, 0.15) is 283 Å². The van der Waals surface area contributed by atoms with Crippen LogP contribution in [0, 0.1) is 100 Å². The summed E-state index contributed by atoms with van der Waals surface area (Å²) in [6.45, 7) is 31.6.